The lowest BCUT2D eigenvalue weighted by molar-refractivity contribution is 0.499. The molecule has 2 nitrogen and oxygen atoms in total. The van der Waals surface area contributed by atoms with Crippen LogP contribution in [0.15, 0.2) is 18.3 Å². The van der Waals surface area contributed by atoms with Crippen molar-refractivity contribution in [2.24, 2.45) is 0 Å². The van der Waals surface area contributed by atoms with Gasteiger partial charge in [0.15, 0.2) is 16.8 Å². The van der Waals surface area contributed by atoms with E-state index in [1.165, 1.54) is 6.20 Å². The van der Waals surface area contributed by atoms with E-state index in [0.717, 1.165) is 23.5 Å². The first-order valence-electron chi connectivity index (χ1n) is 3.95. The molecule has 1 heterocycles. The SMILES string of the molecule is Nc1ncc(-c2c(F)ccc(F)c2F)s1. The molecule has 15 heavy (non-hydrogen) atoms. The Hall–Kier alpha value is -1.56. The van der Waals surface area contributed by atoms with E-state index in [9.17, 15) is 13.2 Å². The van der Waals surface area contributed by atoms with Crippen LogP contribution in [0.5, 0.6) is 0 Å². The minimum absolute atomic E-state index is 0.169. The van der Waals surface area contributed by atoms with Gasteiger partial charge in [0, 0.05) is 6.20 Å². The number of benzene rings is 1. The van der Waals surface area contributed by atoms with Crippen molar-refractivity contribution in [3.8, 4) is 10.4 Å². The van der Waals surface area contributed by atoms with Crippen molar-refractivity contribution in [1.82, 2.24) is 4.98 Å². The van der Waals surface area contributed by atoms with Gasteiger partial charge in [0.05, 0.1) is 10.4 Å². The maximum atomic E-state index is 13.3. The molecule has 0 fully saturated rings. The number of aromatic nitrogens is 1. The molecule has 0 saturated heterocycles. The third-order valence-electron chi connectivity index (χ3n) is 1.81. The van der Waals surface area contributed by atoms with Gasteiger partial charge in [-0.15, -0.1) is 0 Å². The topological polar surface area (TPSA) is 38.9 Å². The van der Waals surface area contributed by atoms with Crippen LogP contribution >= 0.6 is 11.3 Å². The second kappa shape index (κ2) is 3.54. The van der Waals surface area contributed by atoms with Crippen LogP contribution in [0.4, 0.5) is 18.3 Å². The number of nitrogens with zero attached hydrogens (tertiary/aromatic N) is 1. The van der Waals surface area contributed by atoms with E-state index in [4.69, 9.17) is 5.73 Å². The Labute approximate surface area is 87.2 Å². The van der Waals surface area contributed by atoms with Gasteiger partial charge in [-0.05, 0) is 12.1 Å². The molecule has 0 amide bonds. The molecule has 0 bridgehead atoms. The zero-order chi connectivity index (χ0) is 11.0. The molecule has 1 aromatic heterocycles. The van der Waals surface area contributed by atoms with Gasteiger partial charge in [-0.2, -0.15) is 0 Å². The lowest BCUT2D eigenvalue weighted by Crippen LogP contribution is -1.92. The molecule has 0 atom stereocenters. The fourth-order valence-electron chi connectivity index (χ4n) is 1.16. The number of nitrogen functional groups attached to an aromatic ring is 1. The van der Waals surface area contributed by atoms with Gasteiger partial charge in [-0.25, -0.2) is 18.2 Å². The molecule has 0 spiro atoms. The lowest BCUT2D eigenvalue weighted by atomic mass is 10.1. The van der Waals surface area contributed by atoms with E-state index in [1.807, 2.05) is 0 Å². The van der Waals surface area contributed by atoms with Crippen LogP contribution in [0, 0.1) is 17.5 Å². The van der Waals surface area contributed by atoms with Gasteiger partial charge in [0.25, 0.3) is 0 Å². The van der Waals surface area contributed by atoms with Crippen molar-refractivity contribution in [2.75, 3.05) is 5.73 Å². The summed E-state index contributed by atoms with van der Waals surface area (Å²) < 4.78 is 39.4. The molecule has 2 rings (SSSR count). The monoisotopic (exact) mass is 230 g/mol. The Morgan fingerprint density at radius 1 is 1.13 bits per heavy atom. The number of hydrogen-bond donors (Lipinski definition) is 1. The average Bonchev–Trinajstić information content (AvgIpc) is 2.59. The van der Waals surface area contributed by atoms with Crippen LogP contribution in [0.3, 0.4) is 0 Å². The molecule has 0 aliphatic carbocycles. The smallest absolute Gasteiger partial charge is 0.180 e. The van der Waals surface area contributed by atoms with Crippen molar-refractivity contribution < 1.29 is 13.2 Å². The number of rotatable bonds is 1. The maximum absolute atomic E-state index is 13.3. The molecule has 6 heteroatoms. The highest BCUT2D eigenvalue weighted by atomic mass is 32.1. The Bertz CT molecular complexity index is 510. The number of nitrogens with two attached hydrogens (primary N) is 1. The van der Waals surface area contributed by atoms with E-state index in [1.54, 1.807) is 0 Å². The van der Waals surface area contributed by atoms with E-state index in [0.29, 0.717) is 0 Å². The number of hydrogen-bond acceptors (Lipinski definition) is 3. The summed E-state index contributed by atoms with van der Waals surface area (Å²) in [5.41, 5.74) is 4.90. The summed E-state index contributed by atoms with van der Waals surface area (Å²) in [7, 11) is 0. The lowest BCUT2D eigenvalue weighted by Gasteiger charge is -2.01. The Balaban J connectivity index is 2.66. The standard InChI is InChI=1S/C9H5F3N2S/c10-4-1-2-5(11)8(12)7(4)6-3-14-9(13)15-6/h1-3H,(H2,13,14). The van der Waals surface area contributed by atoms with Crippen LogP contribution in [0.25, 0.3) is 10.4 Å². The molecule has 1 aromatic carbocycles. The second-order valence-corrected chi connectivity index (χ2v) is 3.84. The summed E-state index contributed by atoms with van der Waals surface area (Å²) in [6.07, 6.45) is 1.21. The van der Waals surface area contributed by atoms with Gasteiger partial charge in [-0.1, -0.05) is 11.3 Å². The summed E-state index contributed by atoms with van der Waals surface area (Å²) in [6, 6.07) is 1.60. The summed E-state index contributed by atoms with van der Waals surface area (Å²) in [5, 5.41) is 0.174. The molecule has 2 aromatic rings. The average molecular weight is 230 g/mol. The fraction of sp³-hybridized carbons (Fsp3) is 0. The summed E-state index contributed by atoms with van der Waals surface area (Å²) in [5.74, 6) is -3.16. The van der Waals surface area contributed by atoms with E-state index < -0.39 is 23.0 Å². The zero-order valence-electron chi connectivity index (χ0n) is 7.30. The normalized spacial score (nSPS) is 10.6. The Morgan fingerprint density at radius 3 is 2.40 bits per heavy atom. The predicted molar refractivity (Wildman–Crippen MR) is 51.8 cm³/mol. The molecule has 2 N–H and O–H groups in total. The summed E-state index contributed by atoms with van der Waals surface area (Å²) in [4.78, 5) is 3.81. The van der Waals surface area contributed by atoms with Crippen LogP contribution in [-0.4, -0.2) is 4.98 Å². The number of thiazole rings is 1. The molecule has 0 aliphatic heterocycles. The molecule has 0 unspecified atom stereocenters. The maximum Gasteiger partial charge on any atom is 0.180 e. The van der Waals surface area contributed by atoms with E-state index in [-0.39, 0.29) is 10.0 Å². The quantitative estimate of drug-likeness (QED) is 0.765. The van der Waals surface area contributed by atoms with E-state index in [2.05, 4.69) is 4.98 Å². The first-order chi connectivity index (χ1) is 7.09. The van der Waals surface area contributed by atoms with Crippen molar-refractivity contribution in [1.29, 1.82) is 0 Å². The van der Waals surface area contributed by atoms with Gasteiger partial charge in [0.2, 0.25) is 0 Å². The van der Waals surface area contributed by atoms with Crippen LogP contribution in [0.1, 0.15) is 0 Å². The highest BCUT2D eigenvalue weighted by Gasteiger charge is 2.17. The highest BCUT2D eigenvalue weighted by Crippen LogP contribution is 2.32. The van der Waals surface area contributed by atoms with Crippen molar-refractivity contribution >= 4 is 16.5 Å². The highest BCUT2D eigenvalue weighted by molar-refractivity contribution is 7.18. The van der Waals surface area contributed by atoms with Crippen LogP contribution < -0.4 is 5.73 Å². The van der Waals surface area contributed by atoms with Gasteiger partial charge < -0.3 is 5.73 Å². The first-order valence-corrected chi connectivity index (χ1v) is 4.76. The van der Waals surface area contributed by atoms with Crippen molar-refractivity contribution in [2.45, 2.75) is 0 Å². The van der Waals surface area contributed by atoms with E-state index >= 15 is 0 Å². The minimum atomic E-state index is -1.22. The fourth-order valence-corrected chi connectivity index (χ4v) is 1.88. The molecule has 78 valence electrons. The second-order valence-electron chi connectivity index (χ2n) is 2.78. The van der Waals surface area contributed by atoms with Crippen LogP contribution in [0.2, 0.25) is 0 Å². The Morgan fingerprint density at radius 2 is 1.80 bits per heavy atom. The summed E-state index contributed by atoms with van der Waals surface area (Å²) >= 11 is 0.898. The summed E-state index contributed by atoms with van der Waals surface area (Å²) in [6.45, 7) is 0. The molecular formula is C9H5F3N2S. The first kappa shape index (κ1) is 9.97. The molecular weight excluding hydrogens is 225 g/mol. The number of halogens is 3. The number of anilines is 1. The van der Waals surface area contributed by atoms with Gasteiger partial charge in [-0.3, -0.25) is 0 Å². The molecule has 0 radical (unpaired) electrons. The van der Waals surface area contributed by atoms with Gasteiger partial charge in [0.1, 0.15) is 5.82 Å². The zero-order valence-corrected chi connectivity index (χ0v) is 8.12. The van der Waals surface area contributed by atoms with Crippen molar-refractivity contribution in [3.05, 3.63) is 35.8 Å². The minimum Gasteiger partial charge on any atom is -0.375 e. The Kier molecular flexibility index (Phi) is 2.36. The van der Waals surface area contributed by atoms with Crippen LogP contribution in [-0.2, 0) is 0 Å². The molecule has 0 saturated carbocycles. The van der Waals surface area contributed by atoms with Gasteiger partial charge >= 0.3 is 0 Å². The third kappa shape index (κ3) is 1.68. The predicted octanol–water partition coefficient (Wildman–Crippen LogP) is 2.81. The van der Waals surface area contributed by atoms with Crippen molar-refractivity contribution in [3.63, 3.8) is 0 Å². The third-order valence-corrected chi connectivity index (χ3v) is 2.66. The molecule has 0 aliphatic rings. The largest absolute Gasteiger partial charge is 0.375 e.